The highest BCUT2D eigenvalue weighted by Crippen LogP contribution is 2.38. The van der Waals surface area contributed by atoms with Crippen LogP contribution in [-0.2, 0) is 4.79 Å². The van der Waals surface area contributed by atoms with Crippen molar-refractivity contribution < 1.29 is 14.3 Å². The van der Waals surface area contributed by atoms with E-state index < -0.39 is 0 Å². The summed E-state index contributed by atoms with van der Waals surface area (Å²) >= 11 is 0. The molecule has 0 saturated heterocycles. The second-order valence-electron chi connectivity index (χ2n) is 5.54. The molecule has 0 aromatic heterocycles. The van der Waals surface area contributed by atoms with Gasteiger partial charge in [-0.1, -0.05) is 13.8 Å². The summed E-state index contributed by atoms with van der Waals surface area (Å²) in [6.07, 6.45) is 0.779. The number of hydrogen-bond acceptors (Lipinski definition) is 4. The normalized spacial score (nSPS) is 12.1. The Hall–Kier alpha value is -1.75. The van der Waals surface area contributed by atoms with Gasteiger partial charge in [0.25, 0.3) is 0 Å². The van der Waals surface area contributed by atoms with E-state index in [4.69, 9.17) is 15.2 Å². The minimum absolute atomic E-state index is 0.0366. The predicted molar refractivity (Wildman–Crippen MR) is 83.7 cm³/mol. The summed E-state index contributed by atoms with van der Waals surface area (Å²) in [6, 6.07) is 3.70. The van der Waals surface area contributed by atoms with Crippen molar-refractivity contribution in [2.75, 3.05) is 20.8 Å². The first-order chi connectivity index (χ1) is 9.92. The molecule has 0 heterocycles. The van der Waals surface area contributed by atoms with Crippen molar-refractivity contribution in [3.05, 3.63) is 23.3 Å². The van der Waals surface area contributed by atoms with E-state index in [1.165, 1.54) is 0 Å². The maximum atomic E-state index is 11.7. The number of rotatable bonds is 7. The number of nitrogens with one attached hydrogen (secondary N) is 1. The first-order valence-electron chi connectivity index (χ1n) is 7.14. The van der Waals surface area contributed by atoms with Gasteiger partial charge in [0.2, 0.25) is 5.91 Å². The standard InChI is InChI=1S/C16H26N2O3/c1-10(2)6-12(18-15(19)9-17)16-13(20-4)7-11(3)8-14(16)21-5/h7-8,10,12H,6,9,17H2,1-5H3,(H,18,19). The van der Waals surface area contributed by atoms with E-state index >= 15 is 0 Å². The number of ether oxygens (including phenoxy) is 2. The number of amides is 1. The Morgan fingerprint density at radius 1 is 1.24 bits per heavy atom. The van der Waals surface area contributed by atoms with E-state index in [-0.39, 0.29) is 18.5 Å². The molecule has 1 unspecified atom stereocenters. The zero-order chi connectivity index (χ0) is 16.0. The highest BCUT2D eigenvalue weighted by molar-refractivity contribution is 5.78. The lowest BCUT2D eigenvalue weighted by molar-refractivity contribution is -0.120. The van der Waals surface area contributed by atoms with Crippen LogP contribution in [0, 0.1) is 12.8 Å². The fourth-order valence-electron chi connectivity index (χ4n) is 2.39. The average molecular weight is 294 g/mol. The number of carbonyl (C=O) groups excluding carboxylic acids is 1. The van der Waals surface area contributed by atoms with Crippen molar-refractivity contribution in [2.24, 2.45) is 11.7 Å². The van der Waals surface area contributed by atoms with Gasteiger partial charge in [0, 0.05) is 0 Å². The van der Waals surface area contributed by atoms with Gasteiger partial charge in [-0.05, 0) is 37.0 Å². The maximum Gasteiger partial charge on any atom is 0.234 e. The van der Waals surface area contributed by atoms with Crippen molar-refractivity contribution in [3.8, 4) is 11.5 Å². The van der Waals surface area contributed by atoms with Crippen LogP contribution in [0.15, 0.2) is 12.1 Å². The van der Waals surface area contributed by atoms with E-state index in [0.29, 0.717) is 5.92 Å². The van der Waals surface area contributed by atoms with Gasteiger partial charge in [-0.25, -0.2) is 0 Å². The number of benzene rings is 1. The molecule has 0 spiro atoms. The Labute approximate surface area is 126 Å². The number of carbonyl (C=O) groups is 1. The zero-order valence-corrected chi connectivity index (χ0v) is 13.5. The van der Waals surface area contributed by atoms with E-state index in [1.54, 1.807) is 14.2 Å². The molecule has 1 amide bonds. The summed E-state index contributed by atoms with van der Waals surface area (Å²) < 4.78 is 11.0. The molecular weight excluding hydrogens is 268 g/mol. The first-order valence-corrected chi connectivity index (χ1v) is 7.14. The van der Waals surface area contributed by atoms with Crippen LogP contribution in [0.2, 0.25) is 0 Å². The Morgan fingerprint density at radius 2 is 1.76 bits per heavy atom. The molecule has 1 aromatic carbocycles. The van der Waals surface area contributed by atoms with Crippen LogP contribution < -0.4 is 20.5 Å². The molecule has 0 fully saturated rings. The van der Waals surface area contributed by atoms with Gasteiger partial charge in [0.1, 0.15) is 11.5 Å². The van der Waals surface area contributed by atoms with Gasteiger partial charge in [0.05, 0.1) is 32.4 Å². The smallest absolute Gasteiger partial charge is 0.234 e. The summed E-state index contributed by atoms with van der Waals surface area (Å²) in [5.74, 6) is 1.65. The molecule has 0 radical (unpaired) electrons. The van der Waals surface area contributed by atoms with Gasteiger partial charge in [-0.15, -0.1) is 0 Å². The van der Waals surface area contributed by atoms with Gasteiger partial charge in [-0.3, -0.25) is 4.79 Å². The molecule has 1 aromatic rings. The van der Waals surface area contributed by atoms with Crippen LogP contribution in [0.5, 0.6) is 11.5 Å². The molecule has 5 nitrogen and oxygen atoms in total. The molecule has 0 aliphatic rings. The molecule has 21 heavy (non-hydrogen) atoms. The van der Waals surface area contributed by atoms with Gasteiger partial charge >= 0.3 is 0 Å². The molecule has 0 bridgehead atoms. The minimum atomic E-state index is -0.190. The second-order valence-corrected chi connectivity index (χ2v) is 5.54. The lowest BCUT2D eigenvalue weighted by Crippen LogP contribution is -2.34. The monoisotopic (exact) mass is 294 g/mol. The Bertz CT molecular complexity index is 461. The SMILES string of the molecule is COc1cc(C)cc(OC)c1C(CC(C)C)NC(=O)CN. The Kier molecular flexibility index (Phi) is 6.49. The van der Waals surface area contributed by atoms with Gasteiger partial charge < -0.3 is 20.5 Å². The van der Waals surface area contributed by atoms with Gasteiger partial charge in [-0.2, -0.15) is 0 Å². The third kappa shape index (κ3) is 4.63. The Balaban J connectivity index is 3.30. The zero-order valence-electron chi connectivity index (χ0n) is 13.5. The van der Waals surface area contributed by atoms with Crippen LogP contribution in [0.3, 0.4) is 0 Å². The van der Waals surface area contributed by atoms with Crippen molar-refractivity contribution in [1.82, 2.24) is 5.32 Å². The molecule has 1 rings (SSSR count). The predicted octanol–water partition coefficient (Wildman–Crippen LogP) is 2.17. The van der Waals surface area contributed by atoms with Crippen LogP contribution in [-0.4, -0.2) is 26.7 Å². The van der Waals surface area contributed by atoms with Crippen LogP contribution >= 0.6 is 0 Å². The van der Waals surface area contributed by atoms with Crippen molar-refractivity contribution >= 4 is 5.91 Å². The summed E-state index contributed by atoms with van der Waals surface area (Å²) in [6.45, 7) is 6.15. The van der Waals surface area contributed by atoms with Crippen molar-refractivity contribution in [1.29, 1.82) is 0 Å². The number of nitrogens with two attached hydrogens (primary N) is 1. The summed E-state index contributed by atoms with van der Waals surface area (Å²) in [7, 11) is 3.24. The first kappa shape index (κ1) is 17.3. The lowest BCUT2D eigenvalue weighted by atomic mass is 9.94. The van der Waals surface area contributed by atoms with E-state index in [0.717, 1.165) is 29.0 Å². The average Bonchev–Trinajstić information content (AvgIpc) is 2.44. The van der Waals surface area contributed by atoms with E-state index in [1.807, 2.05) is 19.1 Å². The van der Waals surface area contributed by atoms with Crippen LogP contribution in [0.1, 0.15) is 37.4 Å². The molecule has 0 aliphatic carbocycles. The largest absolute Gasteiger partial charge is 0.496 e. The maximum absolute atomic E-state index is 11.7. The van der Waals surface area contributed by atoms with Crippen LogP contribution in [0.4, 0.5) is 0 Å². The second kappa shape index (κ2) is 7.88. The summed E-state index contributed by atoms with van der Waals surface area (Å²) in [4.78, 5) is 11.7. The lowest BCUT2D eigenvalue weighted by Gasteiger charge is -2.25. The highest BCUT2D eigenvalue weighted by atomic mass is 16.5. The fourth-order valence-corrected chi connectivity index (χ4v) is 2.39. The molecule has 5 heteroatoms. The molecule has 0 aliphatic heterocycles. The molecule has 118 valence electrons. The third-order valence-electron chi connectivity index (χ3n) is 3.26. The fraction of sp³-hybridized carbons (Fsp3) is 0.562. The molecular formula is C16H26N2O3. The Morgan fingerprint density at radius 3 is 2.14 bits per heavy atom. The third-order valence-corrected chi connectivity index (χ3v) is 3.26. The molecule has 0 saturated carbocycles. The van der Waals surface area contributed by atoms with E-state index in [9.17, 15) is 4.79 Å². The number of methoxy groups -OCH3 is 2. The summed E-state index contributed by atoms with van der Waals surface area (Å²) in [5, 5.41) is 2.96. The van der Waals surface area contributed by atoms with Crippen molar-refractivity contribution in [3.63, 3.8) is 0 Å². The van der Waals surface area contributed by atoms with Crippen molar-refractivity contribution in [2.45, 2.75) is 33.2 Å². The minimum Gasteiger partial charge on any atom is -0.496 e. The topological polar surface area (TPSA) is 73.6 Å². The quantitative estimate of drug-likeness (QED) is 0.808. The molecule has 1 atom stereocenters. The number of aryl methyl sites for hydroxylation is 1. The highest BCUT2D eigenvalue weighted by Gasteiger charge is 2.24. The van der Waals surface area contributed by atoms with E-state index in [2.05, 4.69) is 19.2 Å². The molecule has 3 N–H and O–H groups in total. The van der Waals surface area contributed by atoms with Crippen LogP contribution in [0.25, 0.3) is 0 Å². The van der Waals surface area contributed by atoms with Gasteiger partial charge in [0.15, 0.2) is 0 Å². The summed E-state index contributed by atoms with van der Waals surface area (Å²) in [5.41, 5.74) is 7.32. The number of hydrogen-bond donors (Lipinski definition) is 2.